The van der Waals surface area contributed by atoms with Crippen molar-refractivity contribution in [1.82, 2.24) is 10.2 Å². The topological polar surface area (TPSA) is 58.0 Å². The smallest absolute Gasteiger partial charge is 0.317 e. The van der Waals surface area contributed by atoms with E-state index in [4.69, 9.17) is 9.15 Å². The zero-order valence-electron chi connectivity index (χ0n) is 13.2. The highest BCUT2D eigenvalue weighted by Gasteiger charge is 2.22. The standard InChI is InChI=1S/C17H21N3O3/c1-22-16-7-3-2-6-15(16)19-8-10-20(11-9-19)17(21)18-13-14-5-4-12-23-14/h2-7,12H,8-11,13H2,1H3,(H,18,21). The van der Waals surface area contributed by atoms with Crippen LogP contribution in [0, 0.1) is 0 Å². The third-order valence-electron chi connectivity index (χ3n) is 3.99. The van der Waals surface area contributed by atoms with Gasteiger partial charge in [-0.3, -0.25) is 0 Å². The molecule has 0 radical (unpaired) electrons. The minimum Gasteiger partial charge on any atom is -0.495 e. The number of urea groups is 1. The second kappa shape index (κ2) is 7.09. The Labute approximate surface area is 135 Å². The molecule has 0 atom stereocenters. The van der Waals surface area contributed by atoms with Crippen LogP contribution in [-0.2, 0) is 6.54 Å². The van der Waals surface area contributed by atoms with Crippen molar-refractivity contribution >= 4 is 11.7 Å². The van der Waals surface area contributed by atoms with Crippen molar-refractivity contribution < 1.29 is 13.9 Å². The summed E-state index contributed by atoms with van der Waals surface area (Å²) in [6.07, 6.45) is 1.60. The van der Waals surface area contributed by atoms with E-state index in [2.05, 4.69) is 10.2 Å². The Morgan fingerprint density at radius 3 is 2.65 bits per heavy atom. The summed E-state index contributed by atoms with van der Waals surface area (Å²) >= 11 is 0. The Hall–Kier alpha value is -2.63. The molecule has 6 heteroatoms. The van der Waals surface area contributed by atoms with E-state index in [0.717, 1.165) is 30.3 Å². The molecule has 6 nitrogen and oxygen atoms in total. The van der Waals surface area contributed by atoms with E-state index in [9.17, 15) is 4.79 Å². The zero-order chi connectivity index (χ0) is 16.1. The average molecular weight is 315 g/mol. The number of nitrogens with one attached hydrogen (secondary N) is 1. The van der Waals surface area contributed by atoms with E-state index in [1.165, 1.54) is 0 Å². The van der Waals surface area contributed by atoms with Gasteiger partial charge in [-0.1, -0.05) is 12.1 Å². The van der Waals surface area contributed by atoms with Crippen LogP contribution in [0.3, 0.4) is 0 Å². The number of furan rings is 1. The van der Waals surface area contributed by atoms with Gasteiger partial charge in [0.2, 0.25) is 0 Å². The van der Waals surface area contributed by atoms with Crippen LogP contribution in [0.4, 0.5) is 10.5 Å². The highest BCUT2D eigenvalue weighted by atomic mass is 16.5. The lowest BCUT2D eigenvalue weighted by Crippen LogP contribution is -2.51. The molecule has 1 aromatic heterocycles. The summed E-state index contributed by atoms with van der Waals surface area (Å²) in [5, 5.41) is 2.88. The molecule has 1 aliphatic heterocycles. The number of ether oxygens (including phenoxy) is 1. The van der Waals surface area contributed by atoms with Gasteiger partial charge in [-0.25, -0.2) is 4.79 Å². The minimum absolute atomic E-state index is 0.0546. The number of para-hydroxylation sites is 2. The van der Waals surface area contributed by atoms with Gasteiger partial charge in [0.05, 0.1) is 25.6 Å². The lowest BCUT2D eigenvalue weighted by molar-refractivity contribution is 0.193. The van der Waals surface area contributed by atoms with Gasteiger partial charge < -0.3 is 24.3 Å². The first-order chi connectivity index (χ1) is 11.3. The second-order valence-corrected chi connectivity index (χ2v) is 5.38. The Morgan fingerprint density at radius 2 is 1.96 bits per heavy atom. The number of methoxy groups -OCH3 is 1. The van der Waals surface area contributed by atoms with Crippen LogP contribution in [0.1, 0.15) is 5.76 Å². The maximum absolute atomic E-state index is 12.2. The number of anilines is 1. The minimum atomic E-state index is -0.0546. The Bertz CT molecular complexity index is 634. The normalized spacial score (nSPS) is 14.7. The van der Waals surface area contributed by atoms with E-state index in [-0.39, 0.29) is 6.03 Å². The van der Waals surface area contributed by atoms with Crippen LogP contribution in [0.2, 0.25) is 0 Å². The maximum atomic E-state index is 12.2. The summed E-state index contributed by atoms with van der Waals surface area (Å²) in [7, 11) is 1.68. The molecule has 1 aliphatic rings. The van der Waals surface area contributed by atoms with Gasteiger partial charge in [-0.2, -0.15) is 0 Å². The van der Waals surface area contributed by atoms with Crippen molar-refractivity contribution in [3.05, 3.63) is 48.4 Å². The highest BCUT2D eigenvalue weighted by molar-refractivity contribution is 5.74. The fraction of sp³-hybridized carbons (Fsp3) is 0.353. The van der Waals surface area contributed by atoms with Crippen LogP contribution < -0.4 is 15.0 Å². The van der Waals surface area contributed by atoms with Gasteiger partial charge in [0.15, 0.2) is 0 Å². The van der Waals surface area contributed by atoms with Crippen LogP contribution in [0.25, 0.3) is 0 Å². The molecule has 0 saturated carbocycles. The van der Waals surface area contributed by atoms with E-state index >= 15 is 0 Å². The molecule has 0 spiro atoms. The molecular weight excluding hydrogens is 294 g/mol. The summed E-state index contributed by atoms with van der Waals surface area (Å²) in [6.45, 7) is 3.35. The fourth-order valence-corrected chi connectivity index (χ4v) is 2.73. The number of hydrogen-bond acceptors (Lipinski definition) is 4. The number of amides is 2. The van der Waals surface area contributed by atoms with Crippen molar-refractivity contribution in [3.8, 4) is 5.75 Å². The number of carbonyl (C=O) groups is 1. The van der Waals surface area contributed by atoms with Crippen LogP contribution in [-0.4, -0.2) is 44.2 Å². The average Bonchev–Trinajstić information content (AvgIpc) is 3.13. The molecule has 2 aromatic rings. The Balaban J connectivity index is 1.52. The SMILES string of the molecule is COc1ccccc1N1CCN(C(=O)NCc2ccco2)CC1. The van der Waals surface area contributed by atoms with Gasteiger partial charge in [0.25, 0.3) is 0 Å². The van der Waals surface area contributed by atoms with Crippen LogP contribution >= 0.6 is 0 Å². The van der Waals surface area contributed by atoms with Gasteiger partial charge in [0, 0.05) is 26.2 Å². The zero-order valence-corrected chi connectivity index (χ0v) is 13.2. The van der Waals surface area contributed by atoms with Crippen molar-refractivity contribution in [1.29, 1.82) is 0 Å². The second-order valence-electron chi connectivity index (χ2n) is 5.38. The summed E-state index contributed by atoms with van der Waals surface area (Å²) in [5.74, 6) is 1.62. The molecule has 0 unspecified atom stereocenters. The van der Waals surface area contributed by atoms with Crippen molar-refractivity contribution in [2.45, 2.75) is 6.54 Å². The number of piperazine rings is 1. The molecule has 3 rings (SSSR count). The summed E-state index contributed by atoms with van der Waals surface area (Å²) in [5.41, 5.74) is 1.07. The molecule has 0 bridgehead atoms. The third-order valence-corrected chi connectivity index (χ3v) is 3.99. The molecule has 2 amide bonds. The number of rotatable bonds is 4. The quantitative estimate of drug-likeness (QED) is 0.941. The van der Waals surface area contributed by atoms with Crippen LogP contribution in [0.5, 0.6) is 5.75 Å². The molecule has 0 aliphatic carbocycles. The van der Waals surface area contributed by atoms with E-state index in [1.54, 1.807) is 13.4 Å². The van der Waals surface area contributed by atoms with Crippen molar-refractivity contribution in [2.24, 2.45) is 0 Å². The van der Waals surface area contributed by atoms with Crippen LogP contribution in [0.15, 0.2) is 47.1 Å². The predicted octanol–water partition coefficient (Wildman–Crippen LogP) is 2.32. The summed E-state index contributed by atoms with van der Waals surface area (Å²) in [6, 6.07) is 11.6. The molecule has 1 fully saturated rings. The first-order valence-electron chi connectivity index (χ1n) is 7.71. The first kappa shape index (κ1) is 15.3. The molecular formula is C17H21N3O3. The Morgan fingerprint density at radius 1 is 1.17 bits per heavy atom. The molecule has 1 saturated heterocycles. The number of carbonyl (C=O) groups excluding carboxylic acids is 1. The lowest BCUT2D eigenvalue weighted by Gasteiger charge is -2.36. The summed E-state index contributed by atoms with van der Waals surface area (Å²) < 4.78 is 10.6. The first-order valence-corrected chi connectivity index (χ1v) is 7.71. The third kappa shape index (κ3) is 3.59. The lowest BCUT2D eigenvalue weighted by atomic mass is 10.2. The van der Waals surface area contributed by atoms with Gasteiger partial charge >= 0.3 is 6.03 Å². The van der Waals surface area contributed by atoms with Crippen molar-refractivity contribution in [2.75, 3.05) is 38.2 Å². The summed E-state index contributed by atoms with van der Waals surface area (Å²) in [4.78, 5) is 16.3. The van der Waals surface area contributed by atoms with E-state index in [0.29, 0.717) is 19.6 Å². The highest BCUT2D eigenvalue weighted by Crippen LogP contribution is 2.28. The van der Waals surface area contributed by atoms with Gasteiger partial charge in [-0.05, 0) is 24.3 Å². The molecule has 1 aromatic carbocycles. The number of hydrogen-bond donors (Lipinski definition) is 1. The van der Waals surface area contributed by atoms with Crippen molar-refractivity contribution in [3.63, 3.8) is 0 Å². The number of nitrogens with zero attached hydrogens (tertiary/aromatic N) is 2. The van der Waals surface area contributed by atoms with Gasteiger partial charge in [0.1, 0.15) is 11.5 Å². The number of benzene rings is 1. The van der Waals surface area contributed by atoms with E-state index < -0.39 is 0 Å². The molecule has 2 heterocycles. The monoisotopic (exact) mass is 315 g/mol. The predicted molar refractivity (Wildman–Crippen MR) is 87.7 cm³/mol. The molecule has 1 N–H and O–H groups in total. The Kier molecular flexibility index (Phi) is 4.71. The molecule has 23 heavy (non-hydrogen) atoms. The largest absolute Gasteiger partial charge is 0.495 e. The molecule has 122 valence electrons. The fourth-order valence-electron chi connectivity index (χ4n) is 2.73. The van der Waals surface area contributed by atoms with Gasteiger partial charge in [-0.15, -0.1) is 0 Å². The van der Waals surface area contributed by atoms with E-state index in [1.807, 2.05) is 41.3 Å². The maximum Gasteiger partial charge on any atom is 0.317 e.